The van der Waals surface area contributed by atoms with Gasteiger partial charge in [0.25, 0.3) is 5.78 Å². The van der Waals surface area contributed by atoms with Crippen LogP contribution in [-0.2, 0) is 0 Å². The van der Waals surface area contributed by atoms with Crippen molar-refractivity contribution in [1.29, 1.82) is 0 Å². The molecule has 1 N–H and O–H groups in total. The largest absolute Gasteiger partial charge is 0.317 e. The second-order valence-corrected chi connectivity index (χ2v) is 5.98. The normalized spacial score (nSPS) is 15.0. The number of nitrogens with zero attached hydrogens (tertiary/aromatic N) is 4. The van der Waals surface area contributed by atoms with Crippen molar-refractivity contribution in [3.05, 3.63) is 48.0 Å². The molecule has 0 amide bonds. The van der Waals surface area contributed by atoms with Crippen LogP contribution in [0, 0.1) is 23.4 Å². The summed E-state index contributed by atoms with van der Waals surface area (Å²) < 4.78 is 41.1. The fraction of sp³-hybridized carbons (Fsp3) is 0.353. The first kappa shape index (κ1) is 17.3. The summed E-state index contributed by atoms with van der Waals surface area (Å²) in [5, 5.41) is 7.19. The topological polar surface area (TPSA) is 55.1 Å². The van der Waals surface area contributed by atoms with Crippen molar-refractivity contribution < 1.29 is 13.2 Å². The van der Waals surface area contributed by atoms with E-state index in [0.717, 1.165) is 5.92 Å². The monoisotopic (exact) mass is 349 g/mol. The average molecular weight is 349 g/mol. The molecule has 5 nitrogen and oxygen atoms in total. The molecular weight excluding hydrogens is 331 g/mol. The molecule has 132 valence electrons. The van der Waals surface area contributed by atoms with Crippen molar-refractivity contribution in [2.24, 2.45) is 5.92 Å². The summed E-state index contributed by atoms with van der Waals surface area (Å²) in [5.41, 5.74) is -0.470. The Kier molecular flexibility index (Phi) is 5.28. The van der Waals surface area contributed by atoms with Crippen LogP contribution in [0.25, 0.3) is 17.2 Å². The van der Waals surface area contributed by atoms with Gasteiger partial charge in [-0.3, -0.25) is 0 Å². The number of piperidine rings is 1. The van der Waals surface area contributed by atoms with Crippen molar-refractivity contribution in [2.75, 3.05) is 13.1 Å². The highest BCUT2D eigenvalue weighted by Crippen LogP contribution is 2.24. The number of hydrogen-bond acceptors (Lipinski definition) is 4. The molecule has 0 atom stereocenters. The number of hydrogen-bond donors (Lipinski definition) is 1. The first-order valence-electron chi connectivity index (χ1n) is 8.07. The molecule has 0 spiro atoms. The first-order valence-corrected chi connectivity index (χ1v) is 8.07. The summed E-state index contributed by atoms with van der Waals surface area (Å²) in [6.07, 6.45) is 5.77. The highest BCUT2D eigenvalue weighted by molar-refractivity contribution is 5.58. The van der Waals surface area contributed by atoms with Gasteiger partial charge in [-0.15, -0.1) is 5.10 Å². The Morgan fingerprint density at radius 2 is 1.80 bits per heavy atom. The molecule has 1 aliphatic rings. The zero-order valence-corrected chi connectivity index (χ0v) is 13.7. The quantitative estimate of drug-likeness (QED) is 0.733. The molecule has 3 heterocycles. The van der Waals surface area contributed by atoms with Crippen molar-refractivity contribution in [2.45, 2.75) is 19.8 Å². The van der Waals surface area contributed by atoms with Gasteiger partial charge in [0.15, 0.2) is 5.82 Å². The second-order valence-electron chi connectivity index (χ2n) is 5.98. The fourth-order valence-electron chi connectivity index (χ4n) is 2.56. The fourth-order valence-corrected chi connectivity index (χ4v) is 2.56. The maximum Gasteiger partial charge on any atom is 0.252 e. The van der Waals surface area contributed by atoms with Gasteiger partial charge in [0.2, 0.25) is 0 Å². The van der Waals surface area contributed by atoms with Crippen LogP contribution in [0.15, 0.2) is 30.6 Å². The molecule has 1 aromatic carbocycles. The molecule has 1 saturated heterocycles. The van der Waals surface area contributed by atoms with Gasteiger partial charge in [0.1, 0.15) is 17.5 Å². The summed E-state index contributed by atoms with van der Waals surface area (Å²) in [7, 11) is 0. The Morgan fingerprint density at radius 3 is 2.36 bits per heavy atom. The van der Waals surface area contributed by atoms with E-state index in [9.17, 15) is 13.2 Å². The summed E-state index contributed by atoms with van der Waals surface area (Å²) in [5.74, 6) is -2.09. The van der Waals surface area contributed by atoms with Gasteiger partial charge in [0.05, 0.1) is 5.56 Å². The molecule has 1 aliphatic heterocycles. The third-order valence-corrected chi connectivity index (χ3v) is 3.97. The third-order valence-electron chi connectivity index (χ3n) is 3.97. The van der Waals surface area contributed by atoms with Gasteiger partial charge in [-0.05, 0) is 37.9 Å². The van der Waals surface area contributed by atoms with Crippen LogP contribution in [0.2, 0.25) is 0 Å². The Balaban J connectivity index is 0.000000219. The SMILES string of the molecule is CC1CCNCC1.Fc1cc(F)c(-c2nc3ncccn3n2)c(F)c1. The van der Waals surface area contributed by atoms with Crippen LogP contribution in [0.3, 0.4) is 0 Å². The summed E-state index contributed by atoms with van der Waals surface area (Å²) in [6, 6.07) is 2.76. The number of aromatic nitrogens is 4. The predicted molar refractivity (Wildman–Crippen MR) is 87.4 cm³/mol. The molecule has 0 unspecified atom stereocenters. The van der Waals surface area contributed by atoms with E-state index in [1.165, 1.54) is 42.8 Å². The van der Waals surface area contributed by atoms with Crippen LogP contribution in [-0.4, -0.2) is 32.7 Å². The lowest BCUT2D eigenvalue weighted by Crippen LogP contribution is -2.26. The molecule has 25 heavy (non-hydrogen) atoms. The molecule has 3 aromatic rings. The van der Waals surface area contributed by atoms with Crippen molar-refractivity contribution in [3.63, 3.8) is 0 Å². The van der Waals surface area contributed by atoms with Gasteiger partial charge >= 0.3 is 0 Å². The molecule has 2 aromatic heterocycles. The van der Waals surface area contributed by atoms with E-state index >= 15 is 0 Å². The smallest absolute Gasteiger partial charge is 0.252 e. The summed E-state index contributed by atoms with van der Waals surface area (Å²) in [6.45, 7) is 4.79. The zero-order valence-electron chi connectivity index (χ0n) is 13.7. The van der Waals surface area contributed by atoms with Gasteiger partial charge in [-0.1, -0.05) is 6.92 Å². The second kappa shape index (κ2) is 7.60. The number of halogens is 3. The van der Waals surface area contributed by atoms with E-state index in [1.54, 1.807) is 6.07 Å². The van der Waals surface area contributed by atoms with E-state index in [4.69, 9.17) is 0 Å². The minimum atomic E-state index is -1.05. The minimum absolute atomic E-state index is 0.177. The Labute approximate surface area is 142 Å². The van der Waals surface area contributed by atoms with Crippen molar-refractivity contribution in [1.82, 2.24) is 24.9 Å². The highest BCUT2D eigenvalue weighted by atomic mass is 19.1. The van der Waals surface area contributed by atoms with Crippen molar-refractivity contribution in [3.8, 4) is 11.4 Å². The maximum absolute atomic E-state index is 13.5. The van der Waals surface area contributed by atoms with Gasteiger partial charge in [-0.2, -0.15) is 4.98 Å². The lowest BCUT2D eigenvalue weighted by Gasteiger charge is -2.17. The number of benzene rings is 1. The summed E-state index contributed by atoms with van der Waals surface area (Å²) >= 11 is 0. The molecule has 1 fully saturated rings. The summed E-state index contributed by atoms with van der Waals surface area (Å²) in [4.78, 5) is 7.75. The van der Waals surface area contributed by atoms with E-state index < -0.39 is 23.0 Å². The molecule has 4 rings (SSSR count). The molecular formula is C17H18F3N5. The highest BCUT2D eigenvalue weighted by Gasteiger charge is 2.18. The Hall–Kier alpha value is -2.48. The molecule has 0 bridgehead atoms. The van der Waals surface area contributed by atoms with Crippen LogP contribution < -0.4 is 5.32 Å². The van der Waals surface area contributed by atoms with Gasteiger partial charge in [-0.25, -0.2) is 22.7 Å². The number of nitrogens with one attached hydrogen (secondary N) is 1. The zero-order chi connectivity index (χ0) is 17.8. The maximum atomic E-state index is 13.5. The van der Waals surface area contributed by atoms with Crippen LogP contribution in [0.5, 0.6) is 0 Å². The first-order chi connectivity index (χ1) is 12.0. The molecule has 0 radical (unpaired) electrons. The lowest BCUT2D eigenvalue weighted by molar-refractivity contribution is 0.402. The van der Waals surface area contributed by atoms with Crippen LogP contribution >= 0.6 is 0 Å². The van der Waals surface area contributed by atoms with Crippen molar-refractivity contribution >= 4 is 5.78 Å². The predicted octanol–water partition coefficient (Wildman–Crippen LogP) is 3.21. The lowest BCUT2D eigenvalue weighted by atomic mass is 10.0. The number of rotatable bonds is 1. The average Bonchev–Trinajstić information content (AvgIpc) is 2.98. The van der Waals surface area contributed by atoms with E-state index in [1.807, 2.05) is 0 Å². The molecule has 0 aliphatic carbocycles. The molecule has 0 saturated carbocycles. The standard InChI is InChI=1S/C11H5F3N4.C6H13N/c12-6-4-7(13)9(8(14)5-6)10-16-11-15-2-1-3-18(11)17-10;1-6-2-4-7-5-3-6/h1-5H;6-7H,2-5H2,1H3. The Morgan fingerprint density at radius 1 is 1.12 bits per heavy atom. The van der Waals surface area contributed by atoms with E-state index in [-0.39, 0.29) is 11.6 Å². The van der Waals surface area contributed by atoms with Gasteiger partial charge in [0, 0.05) is 24.5 Å². The number of fused-ring (bicyclic) bond motifs is 1. The minimum Gasteiger partial charge on any atom is -0.317 e. The van der Waals surface area contributed by atoms with E-state index in [0.29, 0.717) is 12.1 Å². The van der Waals surface area contributed by atoms with Crippen LogP contribution in [0.1, 0.15) is 19.8 Å². The third kappa shape index (κ3) is 4.14. The van der Waals surface area contributed by atoms with Crippen LogP contribution in [0.4, 0.5) is 13.2 Å². The Bertz CT molecular complexity index is 802. The van der Waals surface area contributed by atoms with E-state index in [2.05, 4.69) is 27.3 Å². The van der Waals surface area contributed by atoms with Gasteiger partial charge < -0.3 is 5.32 Å². The molecule has 8 heteroatoms.